The van der Waals surface area contributed by atoms with Crippen LogP contribution in [-0.4, -0.2) is 11.1 Å². The number of carboxylic acids is 1. The first-order chi connectivity index (χ1) is 7.41. The van der Waals surface area contributed by atoms with Crippen molar-refractivity contribution in [3.05, 3.63) is 34.9 Å². The van der Waals surface area contributed by atoms with Crippen molar-refractivity contribution in [2.45, 2.75) is 26.7 Å². The van der Waals surface area contributed by atoms with E-state index in [0.717, 1.165) is 0 Å². The fourth-order valence-corrected chi connectivity index (χ4v) is 1.45. The first-order valence-electron chi connectivity index (χ1n) is 5.09. The highest BCUT2D eigenvalue weighted by molar-refractivity contribution is 5.69. The van der Waals surface area contributed by atoms with Gasteiger partial charge >= 0.3 is 5.97 Å². The maximum atomic E-state index is 13.4. The molecule has 4 heteroatoms. The minimum Gasteiger partial charge on any atom is -0.481 e. The summed E-state index contributed by atoms with van der Waals surface area (Å²) in [4.78, 5) is 10.6. The van der Waals surface area contributed by atoms with E-state index >= 15 is 0 Å². The molecule has 1 unspecified atom stereocenters. The molecule has 1 aromatic rings. The number of carbonyl (C=O) groups is 1. The summed E-state index contributed by atoms with van der Waals surface area (Å²) in [6.07, 6.45) is 0.331. The number of carboxylic acid groups (broad SMARTS) is 1. The highest BCUT2D eigenvalue weighted by Gasteiger charge is 2.15. The Morgan fingerprint density at radius 2 is 1.88 bits per heavy atom. The van der Waals surface area contributed by atoms with Crippen LogP contribution in [0.25, 0.3) is 0 Å². The number of aliphatic carboxylic acids is 1. The molecule has 0 spiro atoms. The van der Waals surface area contributed by atoms with E-state index < -0.39 is 23.5 Å². The third kappa shape index (κ3) is 3.02. The molecule has 0 aliphatic carbocycles. The standard InChI is InChI=1S/C12H14F2O2/c1-7-5-10(13)9(11(14)6-7)4-3-8(2)12(15)16/h5-6,8H,3-4H2,1-2H3,(H,15,16). The lowest BCUT2D eigenvalue weighted by Gasteiger charge is -2.08. The number of halogens is 2. The Kier molecular flexibility index (Phi) is 3.99. The predicted molar refractivity (Wildman–Crippen MR) is 56.2 cm³/mol. The van der Waals surface area contributed by atoms with Gasteiger partial charge in [0.05, 0.1) is 5.92 Å². The molecule has 0 heterocycles. The number of benzene rings is 1. The van der Waals surface area contributed by atoms with Crippen molar-refractivity contribution in [2.75, 3.05) is 0 Å². The van der Waals surface area contributed by atoms with Gasteiger partial charge in [0.15, 0.2) is 0 Å². The summed E-state index contributed by atoms with van der Waals surface area (Å²) in [5.41, 5.74) is 0.490. The van der Waals surface area contributed by atoms with Crippen LogP contribution in [0.2, 0.25) is 0 Å². The molecule has 1 aromatic carbocycles. The van der Waals surface area contributed by atoms with Crippen molar-refractivity contribution in [1.29, 1.82) is 0 Å². The summed E-state index contributed by atoms with van der Waals surface area (Å²) in [6.45, 7) is 3.13. The second kappa shape index (κ2) is 5.05. The van der Waals surface area contributed by atoms with Crippen molar-refractivity contribution in [3.63, 3.8) is 0 Å². The van der Waals surface area contributed by atoms with Gasteiger partial charge in [-0.05, 0) is 37.5 Å². The Bertz CT molecular complexity index is 379. The molecule has 0 radical (unpaired) electrons. The fourth-order valence-electron chi connectivity index (χ4n) is 1.45. The molecule has 0 fully saturated rings. The van der Waals surface area contributed by atoms with Crippen molar-refractivity contribution in [3.8, 4) is 0 Å². The Morgan fingerprint density at radius 1 is 1.38 bits per heavy atom. The van der Waals surface area contributed by atoms with Gasteiger partial charge in [-0.1, -0.05) is 6.92 Å². The first-order valence-corrected chi connectivity index (χ1v) is 5.09. The van der Waals surface area contributed by atoms with Gasteiger partial charge in [-0.2, -0.15) is 0 Å². The molecule has 0 saturated carbocycles. The molecule has 16 heavy (non-hydrogen) atoms. The van der Waals surface area contributed by atoms with E-state index in [1.165, 1.54) is 19.1 Å². The van der Waals surface area contributed by atoms with Crippen molar-refractivity contribution >= 4 is 5.97 Å². The van der Waals surface area contributed by atoms with Crippen molar-refractivity contribution in [2.24, 2.45) is 5.92 Å². The minimum atomic E-state index is -0.951. The lowest BCUT2D eigenvalue weighted by molar-refractivity contribution is -0.141. The molecule has 1 rings (SSSR count). The molecule has 1 N–H and O–H groups in total. The maximum Gasteiger partial charge on any atom is 0.306 e. The summed E-state index contributed by atoms with van der Waals surface area (Å²) in [5, 5.41) is 8.66. The van der Waals surface area contributed by atoms with E-state index in [-0.39, 0.29) is 18.4 Å². The van der Waals surface area contributed by atoms with Gasteiger partial charge < -0.3 is 5.11 Å². The molecule has 0 bridgehead atoms. The lowest BCUT2D eigenvalue weighted by Crippen LogP contribution is -2.11. The van der Waals surface area contributed by atoms with Gasteiger partial charge in [0, 0.05) is 5.56 Å². The van der Waals surface area contributed by atoms with Crippen LogP contribution < -0.4 is 0 Å². The third-order valence-electron chi connectivity index (χ3n) is 2.53. The van der Waals surface area contributed by atoms with Crippen LogP contribution in [0.1, 0.15) is 24.5 Å². The molecule has 0 aliphatic rings. The van der Waals surface area contributed by atoms with Gasteiger partial charge in [-0.25, -0.2) is 8.78 Å². The lowest BCUT2D eigenvalue weighted by atomic mass is 9.99. The van der Waals surface area contributed by atoms with E-state index in [0.29, 0.717) is 5.56 Å². The number of rotatable bonds is 4. The Morgan fingerprint density at radius 3 is 2.31 bits per heavy atom. The Hall–Kier alpha value is -1.45. The van der Waals surface area contributed by atoms with E-state index in [2.05, 4.69) is 0 Å². The minimum absolute atomic E-state index is 0.0290. The summed E-state index contributed by atoms with van der Waals surface area (Å²) in [6, 6.07) is 2.51. The van der Waals surface area contributed by atoms with Crippen LogP contribution in [0.3, 0.4) is 0 Å². The van der Waals surface area contributed by atoms with Crippen LogP contribution in [-0.2, 0) is 11.2 Å². The monoisotopic (exact) mass is 228 g/mol. The smallest absolute Gasteiger partial charge is 0.306 e. The van der Waals surface area contributed by atoms with Crippen LogP contribution >= 0.6 is 0 Å². The normalized spacial score (nSPS) is 12.5. The van der Waals surface area contributed by atoms with Gasteiger partial charge in [-0.3, -0.25) is 4.79 Å². The predicted octanol–water partition coefficient (Wildman–Crippen LogP) is 2.93. The van der Waals surface area contributed by atoms with Crippen LogP contribution in [0.4, 0.5) is 8.78 Å². The van der Waals surface area contributed by atoms with Gasteiger partial charge in [-0.15, -0.1) is 0 Å². The second-order valence-corrected chi connectivity index (χ2v) is 3.99. The zero-order valence-corrected chi connectivity index (χ0v) is 9.26. The highest BCUT2D eigenvalue weighted by Crippen LogP contribution is 2.18. The number of hydrogen-bond donors (Lipinski definition) is 1. The van der Waals surface area contributed by atoms with Crippen LogP contribution in [0, 0.1) is 24.5 Å². The first kappa shape index (κ1) is 12.6. The number of hydrogen-bond acceptors (Lipinski definition) is 1. The second-order valence-electron chi connectivity index (χ2n) is 3.99. The van der Waals surface area contributed by atoms with E-state index in [1.54, 1.807) is 6.92 Å². The zero-order valence-electron chi connectivity index (χ0n) is 9.26. The SMILES string of the molecule is Cc1cc(F)c(CCC(C)C(=O)O)c(F)c1. The summed E-state index contributed by atoms with van der Waals surface area (Å²) < 4.78 is 26.8. The molecule has 88 valence electrons. The zero-order chi connectivity index (χ0) is 12.3. The molecular weight excluding hydrogens is 214 g/mol. The quantitative estimate of drug-likeness (QED) is 0.860. The maximum absolute atomic E-state index is 13.4. The van der Waals surface area contributed by atoms with Gasteiger partial charge in [0.1, 0.15) is 11.6 Å². The molecule has 0 aliphatic heterocycles. The van der Waals surface area contributed by atoms with Gasteiger partial charge in [0.2, 0.25) is 0 Å². The van der Waals surface area contributed by atoms with Crippen LogP contribution in [0.15, 0.2) is 12.1 Å². The van der Waals surface area contributed by atoms with Gasteiger partial charge in [0.25, 0.3) is 0 Å². The van der Waals surface area contributed by atoms with Crippen molar-refractivity contribution in [1.82, 2.24) is 0 Å². The fraction of sp³-hybridized carbons (Fsp3) is 0.417. The van der Waals surface area contributed by atoms with E-state index in [1.807, 2.05) is 0 Å². The van der Waals surface area contributed by atoms with Crippen molar-refractivity contribution < 1.29 is 18.7 Å². The average Bonchev–Trinajstić information content (AvgIpc) is 2.15. The van der Waals surface area contributed by atoms with E-state index in [9.17, 15) is 13.6 Å². The molecule has 2 nitrogen and oxygen atoms in total. The Balaban J connectivity index is 2.78. The summed E-state index contributed by atoms with van der Waals surface area (Å²) in [5.74, 6) is -2.75. The molecule has 1 atom stereocenters. The largest absolute Gasteiger partial charge is 0.481 e. The third-order valence-corrected chi connectivity index (χ3v) is 2.53. The number of aryl methyl sites for hydroxylation is 1. The molecule has 0 amide bonds. The topological polar surface area (TPSA) is 37.3 Å². The average molecular weight is 228 g/mol. The van der Waals surface area contributed by atoms with E-state index in [4.69, 9.17) is 5.11 Å². The summed E-state index contributed by atoms with van der Waals surface area (Å²) in [7, 11) is 0. The Labute approximate surface area is 92.9 Å². The highest BCUT2D eigenvalue weighted by atomic mass is 19.1. The molecule has 0 saturated heterocycles. The molecular formula is C12H14F2O2. The molecule has 0 aromatic heterocycles. The van der Waals surface area contributed by atoms with Crippen LogP contribution in [0.5, 0.6) is 0 Å². The summed E-state index contributed by atoms with van der Waals surface area (Å²) >= 11 is 0.